The minimum atomic E-state index is -0.224. The molecule has 0 aromatic carbocycles. The lowest BCUT2D eigenvalue weighted by Gasteiger charge is -2.07. The van der Waals surface area contributed by atoms with Crippen LogP contribution in [0.1, 0.15) is 21.7 Å². The van der Waals surface area contributed by atoms with Crippen molar-refractivity contribution in [1.82, 2.24) is 24.9 Å². The van der Waals surface area contributed by atoms with Crippen molar-refractivity contribution in [2.24, 2.45) is 7.05 Å². The van der Waals surface area contributed by atoms with E-state index in [0.29, 0.717) is 24.5 Å². The second-order valence-electron chi connectivity index (χ2n) is 5.73. The summed E-state index contributed by atoms with van der Waals surface area (Å²) < 4.78 is 14.0. The third-order valence-corrected chi connectivity index (χ3v) is 3.99. The molecule has 0 aliphatic rings. The Morgan fingerprint density at radius 1 is 1.36 bits per heavy atom. The summed E-state index contributed by atoms with van der Waals surface area (Å²) in [5.41, 5.74) is 3.30. The maximum absolute atomic E-state index is 12.3. The Balaban J connectivity index is 1.66. The molecule has 0 saturated heterocycles. The van der Waals surface area contributed by atoms with E-state index in [-0.39, 0.29) is 5.91 Å². The maximum atomic E-state index is 12.3. The SMILES string of the molecule is COc1nn(C)cc1C(=O)NCCn1nc(C)c(-c2ccco2)c1C. The molecule has 3 rings (SSSR count). The zero-order valence-electron chi connectivity index (χ0n) is 14.7. The van der Waals surface area contributed by atoms with Gasteiger partial charge in [0.15, 0.2) is 0 Å². The van der Waals surface area contributed by atoms with Crippen LogP contribution in [0.2, 0.25) is 0 Å². The molecule has 0 atom stereocenters. The minimum absolute atomic E-state index is 0.224. The summed E-state index contributed by atoms with van der Waals surface area (Å²) in [5, 5.41) is 11.5. The maximum Gasteiger partial charge on any atom is 0.258 e. The Hall–Kier alpha value is -3.03. The van der Waals surface area contributed by atoms with E-state index in [9.17, 15) is 4.79 Å². The Morgan fingerprint density at radius 3 is 2.84 bits per heavy atom. The average Bonchev–Trinajstić information content (AvgIpc) is 3.28. The van der Waals surface area contributed by atoms with Gasteiger partial charge in [-0.25, -0.2) is 0 Å². The molecule has 1 N–H and O–H groups in total. The van der Waals surface area contributed by atoms with Crippen LogP contribution in [0.3, 0.4) is 0 Å². The predicted molar refractivity (Wildman–Crippen MR) is 91.5 cm³/mol. The third kappa shape index (κ3) is 3.28. The van der Waals surface area contributed by atoms with Gasteiger partial charge in [-0.05, 0) is 26.0 Å². The molecule has 0 radical (unpaired) electrons. The van der Waals surface area contributed by atoms with E-state index in [0.717, 1.165) is 22.7 Å². The van der Waals surface area contributed by atoms with Crippen LogP contribution >= 0.6 is 0 Å². The van der Waals surface area contributed by atoms with Gasteiger partial charge in [0.25, 0.3) is 5.91 Å². The van der Waals surface area contributed by atoms with Gasteiger partial charge in [-0.1, -0.05) is 0 Å². The molecule has 0 spiro atoms. The van der Waals surface area contributed by atoms with Crippen molar-refractivity contribution in [3.05, 3.63) is 41.5 Å². The van der Waals surface area contributed by atoms with E-state index >= 15 is 0 Å². The number of nitrogens with zero attached hydrogens (tertiary/aromatic N) is 4. The zero-order chi connectivity index (χ0) is 18.0. The Labute approximate surface area is 145 Å². The second kappa shape index (κ2) is 6.84. The molecule has 8 nitrogen and oxygen atoms in total. The number of methoxy groups -OCH3 is 1. The molecule has 0 aliphatic heterocycles. The van der Waals surface area contributed by atoms with Crippen molar-refractivity contribution in [1.29, 1.82) is 0 Å². The van der Waals surface area contributed by atoms with Crippen molar-refractivity contribution in [2.45, 2.75) is 20.4 Å². The first-order chi connectivity index (χ1) is 12.0. The highest BCUT2D eigenvalue weighted by molar-refractivity contribution is 5.96. The molecule has 8 heteroatoms. The van der Waals surface area contributed by atoms with Gasteiger partial charge in [0.05, 0.1) is 31.2 Å². The van der Waals surface area contributed by atoms with Crippen LogP contribution in [0.15, 0.2) is 29.0 Å². The van der Waals surface area contributed by atoms with Crippen LogP contribution in [0.25, 0.3) is 11.3 Å². The molecule has 25 heavy (non-hydrogen) atoms. The largest absolute Gasteiger partial charge is 0.479 e. The molecule has 3 aromatic rings. The molecule has 0 unspecified atom stereocenters. The monoisotopic (exact) mass is 343 g/mol. The van der Waals surface area contributed by atoms with E-state index < -0.39 is 0 Å². The Morgan fingerprint density at radius 2 is 2.16 bits per heavy atom. The number of furan rings is 1. The lowest BCUT2D eigenvalue weighted by Crippen LogP contribution is -2.27. The molecular formula is C17H21N5O3. The minimum Gasteiger partial charge on any atom is -0.479 e. The summed E-state index contributed by atoms with van der Waals surface area (Å²) >= 11 is 0. The first-order valence-corrected chi connectivity index (χ1v) is 7.95. The van der Waals surface area contributed by atoms with Crippen molar-refractivity contribution in [2.75, 3.05) is 13.7 Å². The van der Waals surface area contributed by atoms with E-state index in [4.69, 9.17) is 9.15 Å². The molecule has 0 saturated carbocycles. The average molecular weight is 343 g/mol. The third-order valence-electron chi connectivity index (χ3n) is 3.99. The fourth-order valence-corrected chi connectivity index (χ4v) is 2.84. The van der Waals surface area contributed by atoms with Gasteiger partial charge in [-0.15, -0.1) is 5.10 Å². The van der Waals surface area contributed by atoms with Gasteiger partial charge in [0.1, 0.15) is 11.3 Å². The fourth-order valence-electron chi connectivity index (χ4n) is 2.84. The van der Waals surface area contributed by atoms with Crippen LogP contribution in [-0.2, 0) is 13.6 Å². The Kier molecular flexibility index (Phi) is 4.60. The summed E-state index contributed by atoms with van der Waals surface area (Å²) in [4.78, 5) is 12.3. The van der Waals surface area contributed by atoms with E-state index in [1.54, 1.807) is 24.2 Å². The topological polar surface area (TPSA) is 87.1 Å². The summed E-state index contributed by atoms with van der Waals surface area (Å²) in [6.45, 7) is 4.93. The van der Waals surface area contributed by atoms with E-state index in [1.165, 1.54) is 7.11 Å². The van der Waals surface area contributed by atoms with Crippen LogP contribution in [0.5, 0.6) is 5.88 Å². The van der Waals surface area contributed by atoms with Crippen molar-refractivity contribution in [3.63, 3.8) is 0 Å². The number of nitrogens with one attached hydrogen (secondary N) is 1. The molecule has 132 valence electrons. The highest BCUT2D eigenvalue weighted by atomic mass is 16.5. The number of hydrogen-bond acceptors (Lipinski definition) is 5. The van der Waals surface area contributed by atoms with Crippen LogP contribution in [0, 0.1) is 13.8 Å². The van der Waals surface area contributed by atoms with Crippen LogP contribution < -0.4 is 10.1 Å². The highest BCUT2D eigenvalue weighted by Crippen LogP contribution is 2.27. The second-order valence-corrected chi connectivity index (χ2v) is 5.73. The van der Waals surface area contributed by atoms with Gasteiger partial charge in [0.2, 0.25) is 5.88 Å². The number of carbonyl (C=O) groups is 1. The zero-order valence-corrected chi connectivity index (χ0v) is 14.7. The van der Waals surface area contributed by atoms with Gasteiger partial charge in [-0.3, -0.25) is 14.2 Å². The molecule has 0 fully saturated rings. The van der Waals surface area contributed by atoms with Crippen molar-refractivity contribution >= 4 is 5.91 Å². The number of rotatable bonds is 6. The van der Waals surface area contributed by atoms with Gasteiger partial charge in [0, 0.05) is 25.5 Å². The lowest BCUT2D eigenvalue weighted by atomic mass is 10.1. The summed E-state index contributed by atoms with van der Waals surface area (Å²) in [5.74, 6) is 0.884. The summed E-state index contributed by atoms with van der Waals surface area (Å²) in [6.07, 6.45) is 3.28. The number of carbonyl (C=O) groups excluding carboxylic acids is 1. The number of hydrogen-bond donors (Lipinski definition) is 1. The van der Waals surface area contributed by atoms with Crippen LogP contribution in [-0.4, -0.2) is 39.1 Å². The molecule has 0 aliphatic carbocycles. The van der Waals surface area contributed by atoms with Gasteiger partial charge >= 0.3 is 0 Å². The van der Waals surface area contributed by atoms with Gasteiger partial charge in [-0.2, -0.15) is 5.10 Å². The number of aryl methyl sites for hydroxylation is 2. The molecule has 1 amide bonds. The standard InChI is InChI=1S/C17H21N5O3/c1-11-15(14-6-5-9-25-14)12(2)22(19-11)8-7-18-16(23)13-10-21(3)20-17(13)24-4/h5-6,9-10H,7-8H2,1-4H3,(H,18,23). The molecular weight excluding hydrogens is 322 g/mol. The number of aromatic nitrogens is 4. The summed E-state index contributed by atoms with van der Waals surface area (Å²) in [6, 6.07) is 3.77. The number of ether oxygens (including phenoxy) is 1. The predicted octanol–water partition coefficient (Wildman–Crippen LogP) is 1.93. The fraction of sp³-hybridized carbons (Fsp3) is 0.353. The molecule has 3 aromatic heterocycles. The van der Waals surface area contributed by atoms with Crippen molar-refractivity contribution < 1.29 is 13.9 Å². The molecule has 0 bridgehead atoms. The lowest BCUT2D eigenvalue weighted by molar-refractivity contribution is 0.0948. The van der Waals surface area contributed by atoms with E-state index in [1.807, 2.05) is 30.7 Å². The molecule has 3 heterocycles. The summed E-state index contributed by atoms with van der Waals surface area (Å²) in [7, 11) is 3.23. The normalized spacial score (nSPS) is 10.9. The number of amides is 1. The highest BCUT2D eigenvalue weighted by Gasteiger charge is 2.17. The van der Waals surface area contributed by atoms with Gasteiger partial charge < -0.3 is 14.5 Å². The first-order valence-electron chi connectivity index (χ1n) is 7.95. The van der Waals surface area contributed by atoms with E-state index in [2.05, 4.69) is 15.5 Å². The Bertz CT molecular complexity index is 877. The van der Waals surface area contributed by atoms with Crippen molar-refractivity contribution in [3.8, 4) is 17.2 Å². The van der Waals surface area contributed by atoms with Crippen LogP contribution in [0.4, 0.5) is 0 Å². The quantitative estimate of drug-likeness (QED) is 0.739. The smallest absolute Gasteiger partial charge is 0.258 e. The first kappa shape index (κ1) is 16.8.